The largest absolute Gasteiger partial charge is 0.478 e. The van der Waals surface area contributed by atoms with E-state index in [-0.39, 0.29) is 11.5 Å². The lowest BCUT2D eigenvalue weighted by molar-refractivity contribution is -0.133. The van der Waals surface area contributed by atoms with Gasteiger partial charge in [-0.05, 0) is 42.9 Å². The topological polar surface area (TPSA) is 66.8 Å². The summed E-state index contributed by atoms with van der Waals surface area (Å²) in [7, 11) is 1.70. The zero-order valence-corrected chi connectivity index (χ0v) is 13.0. The summed E-state index contributed by atoms with van der Waals surface area (Å²) < 4.78 is 5.18. The van der Waals surface area contributed by atoms with E-state index in [1.807, 2.05) is 4.90 Å². The van der Waals surface area contributed by atoms with Gasteiger partial charge >= 0.3 is 5.97 Å². The summed E-state index contributed by atoms with van der Waals surface area (Å²) in [4.78, 5) is 25.0. The smallest absolute Gasteiger partial charge is 0.335 e. The van der Waals surface area contributed by atoms with Crippen molar-refractivity contribution in [1.29, 1.82) is 0 Å². The van der Waals surface area contributed by atoms with Crippen molar-refractivity contribution in [2.24, 2.45) is 5.92 Å². The molecule has 1 aromatic carbocycles. The van der Waals surface area contributed by atoms with E-state index in [1.54, 1.807) is 31.4 Å². The van der Waals surface area contributed by atoms with Gasteiger partial charge in [0.2, 0.25) is 5.91 Å². The summed E-state index contributed by atoms with van der Waals surface area (Å²) in [6.45, 7) is 2.32. The van der Waals surface area contributed by atoms with E-state index < -0.39 is 5.97 Å². The summed E-state index contributed by atoms with van der Waals surface area (Å²) in [5.41, 5.74) is 1.26. The van der Waals surface area contributed by atoms with Crippen molar-refractivity contribution in [3.8, 4) is 0 Å². The highest BCUT2D eigenvalue weighted by molar-refractivity contribution is 5.87. The monoisotopic (exact) mass is 305 g/mol. The third kappa shape index (κ3) is 4.56. The molecule has 0 bridgehead atoms. The Morgan fingerprint density at radius 3 is 2.68 bits per heavy atom. The predicted octanol–water partition coefficient (Wildman–Crippen LogP) is 2.20. The molecule has 1 saturated heterocycles. The first kappa shape index (κ1) is 16.5. The van der Waals surface area contributed by atoms with E-state index in [2.05, 4.69) is 0 Å². The van der Waals surface area contributed by atoms with Crippen molar-refractivity contribution in [3.63, 3.8) is 0 Å². The molecule has 22 heavy (non-hydrogen) atoms. The molecule has 1 aromatic rings. The van der Waals surface area contributed by atoms with Crippen LogP contribution in [0.1, 0.15) is 35.2 Å². The van der Waals surface area contributed by atoms with Gasteiger partial charge in [-0.25, -0.2) is 4.79 Å². The van der Waals surface area contributed by atoms with Gasteiger partial charge in [-0.15, -0.1) is 0 Å². The average Bonchev–Trinajstić information content (AvgIpc) is 2.53. The summed E-state index contributed by atoms with van der Waals surface area (Å²) >= 11 is 0. The molecule has 1 amide bonds. The Morgan fingerprint density at radius 2 is 2.05 bits per heavy atom. The lowest BCUT2D eigenvalue weighted by Crippen LogP contribution is -2.41. The van der Waals surface area contributed by atoms with Crippen molar-refractivity contribution in [2.75, 3.05) is 26.8 Å². The number of piperidine rings is 1. The standard InChI is InChI=1S/C17H23NO4/c1-22-12-14-3-2-10-18(11-14)16(19)9-6-13-4-7-15(8-5-13)17(20)21/h4-5,7-8,14H,2-3,6,9-12H2,1H3,(H,20,21)/t14-/m0/s1. The van der Waals surface area contributed by atoms with Gasteiger partial charge in [0.25, 0.3) is 0 Å². The van der Waals surface area contributed by atoms with E-state index in [4.69, 9.17) is 9.84 Å². The van der Waals surface area contributed by atoms with Crippen LogP contribution in [0, 0.1) is 5.92 Å². The number of benzene rings is 1. The fourth-order valence-electron chi connectivity index (χ4n) is 2.89. The minimum absolute atomic E-state index is 0.170. The lowest BCUT2D eigenvalue weighted by Gasteiger charge is -2.32. The van der Waals surface area contributed by atoms with Crippen LogP contribution in [0.5, 0.6) is 0 Å². The van der Waals surface area contributed by atoms with Crippen LogP contribution >= 0.6 is 0 Å². The zero-order chi connectivity index (χ0) is 15.9. The van der Waals surface area contributed by atoms with Crippen molar-refractivity contribution >= 4 is 11.9 Å². The minimum atomic E-state index is -0.930. The molecule has 0 unspecified atom stereocenters. The fourth-order valence-corrected chi connectivity index (χ4v) is 2.89. The first-order chi connectivity index (χ1) is 10.6. The highest BCUT2D eigenvalue weighted by Gasteiger charge is 2.23. The fraction of sp³-hybridized carbons (Fsp3) is 0.529. The molecule has 0 saturated carbocycles. The van der Waals surface area contributed by atoms with Crippen LogP contribution in [-0.4, -0.2) is 48.7 Å². The molecular weight excluding hydrogens is 282 g/mol. The number of ether oxygens (including phenoxy) is 1. The van der Waals surface area contributed by atoms with Crippen molar-refractivity contribution in [3.05, 3.63) is 35.4 Å². The van der Waals surface area contributed by atoms with Crippen LogP contribution in [0.4, 0.5) is 0 Å². The lowest BCUT2D eigenvalue weighted by atomic mass is 9.98. The number of hydrogen-bond acceptors (Lipinski definition) is 3. The second-order valence-corrected chi connectivity index (χ2v) is 5.81. The third-order valence-corrected chi connectivity index (χ3v) is 4.10. The van der Waals surface area contributed by atoms with Crippen molar-refractivity contribution < 1.29 is 19.4 Å². The Labute approximate surface area is 130 Å². The number of carboxylic acids is 1. The third-order valence-electron chi connectivity index (χ3n) is 4.10. The molecular formula is C17H23NO4. The van der Waals surface area contributed by atoms with E-state index in [1.165, 1.54) is 0 Å². The SMILES string of the molecule is COC[C@H]1CCCN(C(=O)CCc2ccc(C(=O)O)cc2)C1. The predicted molar refractivity (Wildman–Crippen MR) is 82.9 cm³/mol. The molecule has 5 heteroatoms. The number of hydrogen-bond donors (Lipinski definition) is 1. The quantitative estimate of drug-likeness (QED) is 0.875. The van der Waals surface area contributed by atoms with Crippen LogP contribution in [0.15, 0.2) is 24.3 Å². The number of methoxy groups -OCH3 is 1. The summed E-state index contributed by atoms with van der Waals surface area (Å²) in [6.07, 6.45) is 3.26. The maximum atomic E-state index is 12.3. The van der Waals surface area contributed by atoms with Gasteiger partial charge in [0.15, 0.2) is 0 Å². The van der Waals surface area contributed by atoms with Crippen LogP contribution < -0.4 is 0 Å². The summed E-state index contributed by atoms with van der Waals surface area (Å²) in [5, 5.41) is 8.86. The highest BCUT2D eigenvalue weighted by atomic mass is 16.5. The second-order valence-electron chi connectivity index (χ2n) is 5.81. The number of amides is 1. The zero-order valence-electron chi connectivity index (χ0n) is 13.0. The number of nitrogens with zero attached hydrogens (tertiary/aromatic N) is 1. The molecule has 120 valence electrons. The minimum Gasteiger partial charge on any atom is -0.478 e. The number of aromatic carboxylic acids is 1. The molecule has 0 aliphatic carbocycles. The summed E-state index contributed by atoms with van der Waals surface area (Å²) in [6, 6.07) is 6.72. The molecule has 1 aliphatic heterocycles. The van der Waals surface area contributed by atoms with Crippen LogP contribution in [-0.2, 0) is 16.0 Å². The Morgan fingerprint density at radius 1 is 1.32 bits per heavy atom. The van der Waals surface area contributed by atoms with E-state index >= 15 is 0 Å². The Balaban J connectivity index is 1.83. The average molecular weight is 305 g/mol. The second kappa shape index (κ2) is 7.94. The Kier molecular flexibility index (Phi) is 5.95. The van der Waals surface area contributed by atoms with E-state index in [0.29, 0.717) is 25.4 Å². The Bertz CT molecular complexity index is 510. The Hall–Kier alpha value is -1.88. The number of rotatable bonds is 6. The summed E-state index contributed by atoms with van der Waals surface area (Å²) in [5.74, 6) is -0.319. The molecule has 5 nitrogen and oxygen atoms in total. The maximum absolute atomic E-state index is 12.3. The number of carbonyl (C=O) groups excluding carboxylic acids is 1. The molecule has 1 N–H and O–H groups in total. The highest BCUT2D eigenvalue weighted by Crippen LogP contribution is 2.18. The van der Waals surface area contributed by atoms with Crippen molar-refractivity contribution in [1.82, 2.24) is 4.90 Å². The molecule has 0 spiro atoms. The van der Waals surface area contributed by atoms with Gasteiger partial charge in [0.1, 0.15) is 0 Å². The number of aryl methyl sites for hydroxylation is 1. The van der Waals surface area contributed by atoms with Gasteiger partial charge < -0.3 is 14.7 Å². The van der Waals surface area contributed by atoms with Gasteiger partial charge in [-0.2, -0.15) is 0 Å². The number of likely N-dealkylation sites (tertiary alicyclic amines) is 1. The van der Waals surface area contributed by atoms with Gasteiger partial charge in [0.05, 0.1) is 12.2 Å². The normalized spacial score (nSPS) is 18.2. The molecule has 1 atom stereocenters. The number of carbonyl (C=O) groups is 2. The molecule has 2 rings (SSSR count). The molecule has 0 radical (unpaired) electrons. The van der Waals surface area contributed by atoms with Gasteiger partial charge in [-0.1, -0.05) is 12.1 Å². The first-order valence-corrected chi connectivity index (χ1v) is 7.69. The van der Waals surface area contributed by atoms with Crippen LogP contribution in [0.2, 0.25) is 0 Å². The first-order valence-electron chi connectivity index (χ1n) is 7.69. The van der Waals surface area contributed by atoms with E-state index in [0.717, 1.165) is 31.5 Å². The number of carboxylic acid groups (broad SMARTS) is 1. The molecule has 1 aliphatic rings. The molecule has 1 heterocycles. The van der Waals surface area contributed by atoms with Crippen LogP contribution in [0.25, 0.3) is 0 Å². The van der Waals surface area contributed by atoms with Gasteiger partial charge in [-0.3, -0.25) is 4.79 Å². The van der Waals surface area contributed by atoms with Crippen molar-refractivity contribution in [2.45, 2.75) is 25.7 Å². The van der Waals surface area contributed by atoms with Crippen LogP contribution in [0.3, 0.4) is 0 Å². The molecule has 0 aromatic heterocycles. The van der Waals surface area contributed by atoms with Gasteiger partial charge in [0, 0.05) is 26.6 Å². The maximum Gasteiger partial charge on any atom is 0.335 e. The van der Waals surface area contributed by atoms with E-state index in [9.17, 15) is 9.59 Å². The molecule has 1 fully saturated rings.